The summed E-state index contributed by atoms with van der Waals surface area (Å²) in [6.07, 6.45) is 4.98. The van der Waals surface area contributed by atoms with Gasteiger partial charge in [-0.25, -0.2) is 0 Å². The van der Waals surface area contributed by atoms with Gasteiger partial charge in [0.25, 0.3) is 0 Å². The first-order valence-electron chi connectivity index (χ1n) is 8.38. The van der Waals surface area contributed by atoms with Gasteiger partial charge in [0.05, 0.1) is 18.9 Å². The first kappa shape index (κ1) is 17.1. The van der Waals surface area contributed by atoms with E-state index in [1.54, 1.807) is 12.4 Å². The predicted molar refractivity (Wildman–Crippen MR) is 100 cm³/mol. The molecule has 1 aliphatic rings. The van der Waals surface area contributed by atoms with Gasteiger partial charge in [-0.1, -0.05) is 23.7 Å². The van der Waals surface area contributed by atoms with E-state index in [4.69, 9.17) is 26.8 Å². The van der Waals surface area contributed by atoms with E-state index in [-0.39, 0.29) is 0 Å². The van der Waals surface area contributed by atoms with Crippen molar-refractivity contribution in [3.8, 4) is 22.3 Å². The van der Waals surface area contributed by atoms with Crippen LogP contribution in [0.15, 0.2) is 55.0 Å². The number of nitrogens with two attached hydrogens (primary N) is 1. The van der Waals surface area contributed by atoms with Gasteiger partial charge in [-0.2, -0.15) is 0 Å². The van der Waals surface area contributed by atoms with Crippen LogP contribution < -0.4 is 5.73 Å². The highest BCUT2D eigenvalue weighted by atomic mass is 35.5. The van der Waals surface area contributed by atoms with E-state index in [0.717, 1.165) is 33.5 Å². The minimum absolute atomic E-state index is 0.399. The maximum Gasteiger partial charge on any atom is 0.201 e. The molecule has 2 aromatic heterocycles. The second-order valence-corrected chi connectivity index (χ2v) is 6.43. The Morgan fingerprint density at radius 1 is 1.00 bits per heavy atom. The SMILES string of the molecule is NCc1ccc(-c2cncc(-c3ccnc(C4OCCO4)c3)c2)c(Cl)c1. The minimum atomic E-state index is -0.399. The van der Waals surface area contributed by atoms with Gasteiger partial charge in [-0.15, -0.1) is 0 Å². The molecule has 0 amide bonds. The molecule has 1 aliphatic heterocycles. The largest absolute Gasteiger partial charge is 0.345 e. The zero-order chi connectivity index (χ0) is 17.9. The Bertz CT molecular complexity index is 926. The van der Waals surface area contributed by atoms with Crippen molar-refractivity contribution in [2.24, 2.45) is 5.73 Å². The summed E-state index contributed by atoms with van der Waals surface area (Å²) in [7, 11) is 0. The zero-order valence-electron chi connectivity index (χ0n) is 14.1. The number of aromatic nitrogens is 2. The summed E-state index contributed by atoms with van der Waals surface area (Å²) < 4.78 is 11.1. The Kier molecular flexibility index (Phi) is 4.95. The van der Waals surface area contributed by atoms with Crippen LogP contribution in [0.1, 0.15) is 17.5 Å². The molecular formula is C20H18ClN3O2. The molecule has 0 spiro atoms. The summed E-state index contributed by atoms with van der Waals surface area (Å²) in [4.78, 5) is 8.74. The first-order chi connectivity index (χ1) is 12.7. The van der Waals surface area contributed by atoms with Crippen molar-refractivity contribution >= 4 is 11.6 Å². The Balaban J connectivity index is 1.69. The minimum Gasteiger partial charge on any atom is -0.345 e. The fourth-order valence-electron chi connectivity index (χ4n) is 2.95. The molecule has 0 atom stereocenters. The van der Waals surface area contributed by atoms with Crippen LogP contribution in [0.3, 0.4) is 0 Å². The van der Waals surface area contributed by atoms with Crippen LogP contribution >= 0.6 is 11.6 Å². The number of benzene rings is 1. The highest BCUT2D eigenvalue weighted by Crippen LogP contribution is 2.32. The van der Waals surface area contributed by atoms with Crippen molar-refractivity contribution in [3.05, 3.63) is 71.3 Å². The van der Waals surface area contributed by atoms with Crippen LogP contribution in [0, 0.1) is 0 Å². The van der Waals surface area contributed by atoms with Crippen LogP contribution in [-0.2, 0) is 16.0 Å². The smallest absolute Gasteiger partial charge is 0.201 e. The van der Waals surface area contributed by atoms with E-state index >= 15 is 0 Å². The molecule has 6 heteroatoms. The third-order valence-corrected chi connectivity index (χ3v) is 4.61. The fourth-order valence-corrected chi connectivity index (χ4v) is 3.26. The Morgan fingerprint density at radius 2 is 1.81 bits per heavy atom. The summed E-state index contributed by atoms with van der Waals surface area (Å²) in [5.41, 5.74) is 11.3. The van der Waals surface area contributed by atoms with Crippen LogP contribution in [0.25, 0.3) is 22.3 Å². The summed E-state index contributed by atoms with van der Waals surface area (Å²) >= 11 is 6.43. The maximum atomic E-state index is 6.43. The molecule has 0 aliphatic carbocycles. The lowest BCUT2D eigenvalue weighted by molar-refractivity contribution is -0.0472. The van der Waals surface area contributed by atoms with Crippen molar-refractivity contribution in [1.29, 1.82) is 0 Å². The molecule has 26 heavy (non-hydrogen) atoms. The van der Waals surface area contributed by atoms with Gasteiger partial charge in [0.15, 0.2) is 0 Å². The standard InChI is InChI=1S/C20H18ClN3O2/c21-18-7-13(10-22)1-2-17(18)16-8-15(11-23-12-16)14-3-4-24-19(9-14)20-25-5-6-26-20/h1-4,7-9,11-12,20H,5-6,10,22H2. The molecule has 3 aromatic rings. The van der Waals surface area contributed by atoms with E-state index in [0.29, 0.717) is 24.8 Å². The molecule has 4 rings (SSSR count). The predicted octanol–water partition coefficient (Wildman–Crippen LogP) is 3.97. The Morgan fingerprint density at radius 3 is 2.58 bits per heavy atom. The van der Waals surface area contributed by atoms with Crippen LogP contribution in [-0.4, -0.2) is 23.2 Å². The van der Waals surface area contributed by atoms with Gasteiger partial charge in [0, 0.05) is 46.8 Å². The Labute approximate surface area is 156 Å². The molecule has 5 nitrogen and oxygen atoms in total. The van der Waals surface area contributed by atoms with Crippen molar-refractivity contribution in [1.82, 2.24) is 9.97 Å². The van der Waals surface area contributed by atoms with Gasteiger partial charge >= 0.3 is 0 Å². The van der Waals surface area contributed by atoms with Gasteiger partial charge in [0.1, 0.15) is 0 Å². The summed E-state index contributed by atoms with van der Waals surface area (Å²) in [5.74, 6) is 0. The van der Waals surface area contributed by atoms with Crippen molar-refractivity contribution in [2.45, 2.75) is 12.8 Å². The lowest BCUT2D eigenvalue weighted by Crippen LogP contribution is -2.01. The number of pyridine rings is 2. The van der Waals surface area contributed by atoms with Crippen molar-refractivity contribution in [2.75, 3.05) is 13.2 Å². The molecule has 2 N–H and O–H groups in total. The third-order valence-electron chi connectivity index (χ3n) is 4.30. The monoisotopic (exact) mass is 367 g/mol. The van der Waals surface area contributed by atoms with Gasteiger partial charge in [0.2, 0.25) is 6.29 Å². The van der Waals surface area contributed by atoms with Gasteiger partial charge in [-0.05, 0) is 35.4 Å². The number of halogens is 1. The van der Waals surface area contributed by atoms with E-state index in [2.05, 4.69) is 16.0 Å². The van der Waals surface area contributed by atoms with E-state index in [1.165, 1.54) is 0 Å². The summed E-state index contributed by atoms with van der Waals surface area (Å²) in [6, 6.07) is 11.8. The fraction of sp³-hybridized carbons (Fsp3) is 0.200. The van der Waals surface area contributed by atoms with E-state index < -0.39 is 6.29 Å². The highest BCUT2D eigenvalue weighted by molar-refractivity contribution is 6.33. The molecular weight excluding hydrogens is 350 g/mol. The second kappa shape index (κ2) is 7.51. The Hall–Kier alpha value is -2.31. The number of hydrogen-bond acceptors (Lipinski definition) is 5. The average molecular weight is 368 g/mol. The molecule has 1 fully saturated rings. The number of hydrogen-bond donors (Lipinski definition) is 1. The molecule has 0 bridgehead atoms. The van der Waals surface area contributed by atoms with Crippen molar-refractivity contribution in [3.63, 3.8) is 0 Å². The number of rotatable bonds is 4. The molecule has 0 radical (unpaired) electrons. The van der Waals surface area contributed by atoms with Crippen LogP contribution in [0.5, 0.6) is 0 Å². The first-order valence-corrected chi connectivity index (χ1v) is 8.76. The molecule has 1 saturated heterocycles. The molecule has 3 heterocycles. The lowest BCUT2D eigenvalue weighted by atomic mass is 10.0. The zero-order valence-corrected chi connectivity index (χ0v) is 14.8. The average Bonchev–Trinajstić information content (AvgIpc) is 3.23. The summed E-state index contributed by atoms with van der Waals surface area (Å²) in [6.45, 7) is 1.64. The normalized spacial score (nSPS) is 14.7. The van der Waals surface area contributed by atoms with E-state index in [1.807, 2.05) is 36.5 Å². The molecule has 132 valence electrons. The second-order valence-electron chi connectivity index (χ2n) is 6.02. The molecule has 0 unspecified atom stereocenters. The summed E-state index contributed by atoms with van der Waals surface area (Å²) in [5, 5.41) is 0.662. The van der Waals surface area contributed by atoms with Crippen molar-refractivity contribution < 1.29 is 9.47 Å². The maximum absolute atomic E-state index is 6.43. The highest BCUT2D eigenvalue weighted by Gasteiger charge is 2.20. The topological polar surface area (TPSA) is 70.3 Å². The molecule has 0 saturated carbocycles. The number of ether oxygens (including phenoxy) is 2. The molecule has 1 aromatic carbocycles. The van der Waals surface area contributed by atoms with Gasteiger partial charge in [-0.3, -0.25) is 9.97 Å². The lowest BCUT2D eigenvalue weighted by Gasteiger charge is -2.11. The quantitative estimate of drug-likeness (QED) is 0.755. The van der Waals surface area contributed by atoms with Gasteiger partial charge < -0.3 is 15.2 Å². The third kappa shape index (κ3) is 3.48. The van der Waals surface area contributed by atoms with Crippen LogP contribution in [0.4, 0.5) is 0 Å². The van der Waals surface area contributed by atoms with Crippen LogP contribution in [0.2, 0.25) is 5.02 Å². The van der Waals surface area contributed by atoms with E-state index in [9.17, 15) is 0 Å². The number of nitrogens with zero attached hydrogens (tertiary/aromatic N) is 2.